The van der Waals surface area contributed by atoms with Crippen LogP contribution in [0, 0.1) is 0 Å². The van der Waals surface area contributed by atoms with Crippen LogP contribution in [0.15, 0.2) is 24.3 Å². The topological polar surface area (TPSA) is 75.6 Å². The average molecular weight is 304 g/mol. The molecule has 5 nitrogen and oxygen atoms in total. The van der Waals surface area contributed by atoms with Gasteiger partial charge in [0.1, 0.15) is 11.8 Å². The number of carbonyl (C=O) groups is 2. The van der Waals surface area contributed by atoms with E-state index in [2.05, 4.69) is 17.9 Å². The number of halogens is 1. The number of thiol groups is 1. The first-order valence-electron chi connectivity index (χ1n) is 5.54. The van der Waals surface area contributed by atoms with E-state index in [0.717, 1.165) is 0 Å². The molecule has 1 aromatic carbocycles. The van der Waals surface area contributed by atoms with Crippen LogP contribution in [-0.4, -0.2) is 35.4 Å². The van der Waals surface area contributed by atoms with E-state index in [4.69, 9.17) is 21.4 Å². The molecule has 104 valence electrons. The third kappa shape index (κ3) is 5.85. The smallest absolute Gasteiger partial charge is 0.327 e. The van der Waals surface area contributed by atoms with Crippen molar-refractivity contribution < 1.29 is 19.4 Å². The highest BCUT2D eigenvalue weighted by atomic mass is 35.5. The van der Waals surface area contributed by atoms with Crippen molar-refractivity contribution in [2.24, 2.45) is 0 Å². The lowest BCUT2D eigenvalue weighted by molar-refractivity contribution is -0.141. The molecular weight excluding hydrogens is 290 g/mol. The van der Waals surface area contributed by atoms with Crippen LogP contribution < -0.4 is 10.1 Å². The maximum Gasteiger partial charge on any atom is 0.327 e. The van der Waals surface area contributed by atoms with Crippen LogP contribution in [0.25, 0.3) is 0 Å². The summed E-state index contributed by atoms with van der Waals surface area (Å²) in [5.74, 6) is -0.863. The maximum absolute atomic E-state index is 11.5. The van der Waals surface area contributed by atoms with E-state index >= 15 is 0 Å². The average Bonchev–Trinajstić information content (AvgIpc) is 2.38. The summed E-state index contributed by atoms with van der Waals surface area (Å²) in [6.07, 6.45) is 0.0696. The number of amides is 1. The van der Waals surface area contributed by atoms with Gasteiger partial charge in [0.05, 0.1) is 13.0 Å². The van der Waals surface area contributed by atoms with Crippen molar-refractivity contribution in [3.8, 4) is 5.75 Å². The Bertz CT molecular complexity index is 438. The monoisotopic (exact) mass is 303 g/mol. The molecule has 1 unspecified atom stereocenters. The second-order valence-corrected chi connectivity index (χ2v) is 4.49. The third-order valence-corrected chi connectivity index (χ3v) is 2.84. The highest BCUT2D eigenvalue weighted by Crippen LogP contribution is 2.15. The van der Waals surface area contributed by atoms with E-state index in [0.29, 0.717) is 10.8 Å². The van der Waals surface area contributed by atoms with Gasteiger partial charge in [-0.3, -0.25) is 4.79 Å². The number of aliphatic carboxylic acids is 1. The molecule has 1 atom stereocenters. The van der Waals surface area contributed by atoms with E-state index in [1.165, 1.54) is 0 Å². The van der Waals surface area contributed by atoms with Crippen molar-refractivity contribution in [2.45, 2.75) is 12.5 Å². The predicted octanol–water partition coefficient (Wildman–Crippen LogP) is 1.61. The number of carboxylic acid groups (broad SMARTS) is 1. The molecule has 0 saturated heterocycles. The first kappa shape index (κ1) is 15.7. The van der Waals surface area contributed by atoms with Gasteiger partial charge in [-0.05, 0) is 24.3 Å². The quantitative estimate of drug-likeness (QED) is 0.669. The van der Waals surface area contributed by atoms with Crippen LogP contribution in [0.3, 0.4) is 0 Å². The van der Waals surface area contributed by atoms with Gasteiger partial charge in [-0.1, -0.05) is 11.6 Å². The Labute approximate surface area is 121 Å². The molecule has 0 radical (unpaired) electrons. The number of rotatable bonds is 7. The lowest BCUT2D eigenvalue weighted by atomic mass is 10.3. The Morgan fingerprint density at radius 3 is 2.53 bits per heavy atom. The van der Waals surface area contributed by atoms with Gasteiger partial charge in [0.25, 0.3) is 0 Å². The lowest BCUT2D eigenvalue weighted by Gasteiger charge is -2.12. The summed E-state index contributed by atoms with van der Waals surface area (Å²) in [5, 5.41) is 11.7. The van der Waals surface area contributed by atoms with Crippen LogP contribution in [0.2, 0.25) is 5.02 Å². The molecule has 2 N–H and O–H groups in total. The molecule has 1 aromatic rings. The largest absolute Gasteiger partial charge is 0.493 e. The number of benzene rings is 1. The summed E-state index contributed by atoms with van der Waals surface area (Å²) in [4.78, 5) is 22.1. The van der Waals surface area contributed by atoms with Gasteiger partial charge < -0.3 is 15.2 Å². The van der Waals surface area contributed by atoms with Crippen LogP contribution in [-0.2, 0) is 9.59 Å². The Kier molecular flexibility index (Phi) is 6.52. The van der Waals surface area contributed by atoms with Crippen molar-refractivity contribution in [1.29, 1.82) is 0 Å². The molecule has 1 amide bonds. The summed E-state index contributed by atoms with van der Waals surface area (Å²) in [6.45, 7) is 0.159. The summed E-state index contributed by atoms with van der Waals surface area (Å²) < 4.78 is 5.32. The van der Waals surface area contributed by atoms with E-state index < -0.39 is 17.9 Å². The molecule has 1 rings (SSSR count). The zero-order valence-electron chi connectivity index (χ0n) is 10.0. The van der Waals surface area contributed by atoms with Gasteiger partial charge in [0, 0.05) is 10.8 Å². The van der Waals surface area contributed by atoms with Crippen LogP contribution in [0.5, 0.6) is 5.75 Å². The Hall–Kier alpha value is -1.40. The van der Waals surface area contributed by atoms with Crippen LogP contribution in [0.1, 0.15) is 6.42 Å². The minimum atomic E-state index is -1.11. The van der Waals surface area contributed by atoms with Gasteiger partial charge in [0.2, 0.25) is 5.91 Å². The summed E-state index contributed by atoms with van der Waals surface area (Å²) >= 11 is 9.56. The molecular formula is C12H14ClNO4S. The van der Waals surface area contributed by atoms with Crippen molar-refractivity contribution in [3.63, 3.8) is 0 Å². The molecule has 0 saturated carbocycles. The number of carboxylic acids is 1. The van der Waals surface area contributed by atoms with Gasteiger partial charge in [0.15, 0.2) is 0 Å². The Morgan fingerprint density at radius 2 is 2.00 bits per heavy atom. The highest BCUT2D eigenvalue weighted by molar-refractivity contribution is 7.80. The number of hydrogen-bond acceptors (Lipinski definition) is 4. The van der Waals surface area contributed by atoms with Gasteiger partial charge >= 0.3 is 5.97 Å². The molecule has 0 aliphatic carbocycles. The zero-order valence-corrected chi connectivity index (χ0v) is 11.7. The molecule has 0 aliphatic rings. The summed E-state index contributed by atoms with van der Waals surface area (Å²) in [6, 6.07) is 5.75. The van der Waals surface area contributed by atoms with Crippen LogP contribution in [0.4, 0.5) is 0 Å². The molecule has 7 heteroatoms. The molecule has 0 bridgehead atoms. The summed E-state index contributed by atoms with van der Waals surface area (Å²) in [5.41, 5.74) is 0. The molecule has 0 fully saturated rings. The van der Waals surface area contributed by atoms with E-state index in [9.17, 15) is 9.59 Å². The third-order valence-electron chi connectivity index (χ3n) is 2.23. The van der Waals surface area contributed by atoms with E-state index in [1.807, 2.05) is 0 Å². The van der Waals surface area contributed by atoms with E-state index in [1.54, 1.807) is 24.3 Å². The first-order valence-corrected chi connectivity index (χ1v) is 6.55. The lowest BCUT2D eigenvalue weighted by Crippen LogP contribution is -2.42. The fourth-order valence-electron chi connectivity index (χ4n) is 1.24. The SMILES string of the molecule is O=C(CCOc1ccc(Cl)cc1)NC(CS)C(=O)O. The minimum absolute atomic E-state index is 0.0408. The Balaban J connectivity index is 2.30. The van der Waals surface area contributed by atoms with Gasteiger partial charge in [-0.15, -0.1) is 0 Å². The van der Waals surface area contributed by atoms with Crippen molar-refractivity contribution in [2.75, 3.05) is 12.4 Å². The van der Waals surface area contributed by atoms with Gasteiger partial charge in [-0.2, -0.15) is 12.6 Å². The molecule has 0 spiro atoms. The molecule has 19 heavy (non-hydrogen) atoms. The minimum Gasteiger partial charge on any atom is -0.493 e. The second-order valence-electron chi connectivity index (χ2n) is 3.69. The summed E-state index contributed by atoms with van der Waals surface area (Å²) in [7, 11) is 0. The number of carbonyl (C=O) groups excluding carboxylic acids is 1. The molecule has 0 aromatic heterocycles. The Morgan fingerprint density at radius 1 is 1.37 bits per heavy atom. The number of hydrogen-bond donors (Lipinski definition) is 3. The second kappa shape index (κ2) is 7.91. The van der Waals surface area contributed by atoms with Crippen molar-refractivity contribution in [1.82, 2.24) is 5.32 Å². The number of nitrogens with one attached hydrogen (secondary N) is 1. The number of ether oxygens (including phenoxy) is 1. The standard InChI is InChI=1S/C12H14ClNO4S/c13-8-1-3-9(4-2-8)18-6-5-11(15)14-10(7-19)12(16)17/h1-4,10,19H,5-7H2,(H,14,15)(H,16,17). The van der Waals surface area contributed by atoms with Crippen molar-refractivity contribution in [3.05, 3.63) is 29.3 Å². The molecule has 0 heterocycles. The first-order chi connectivity index (χ1) is 9.02. The zero-order chi connectivity index (χ0) is 14.3. The predicted molar refractivity (Wildman–Crippen MR) is 75.0 cm³/mol. The van der Waals surface area contributed by atoms with E-state index in [-0.39, 0.29) is 18.8 Å². The molecule has 0 aliphatic heterocycles. The van der Waals surface area contributed by atoms with Crippen LogP contribution >= 0.6 is 24.2 Å². The maximum atomic E-state index is 11.5. The highest BCUT2D eigenvalue weighted by Gasteiger charge is 2.17. The normalized spacial score (nSPS) is 11.7. The van der Waals surface area contributed by atoms with Crippen molar-refractivity contribution >= 4 is 36.1 Å². The van der Waals surface area contributed by atoms with Gasteiger partial charge in [-0.25, -0.2) is 4.79 Å². The fourth-order valence-corrected chi connectivity index (χ4v) is 1.62. The fraction of sp³-hybridized carbons (Fsp3) is 0.333.